The lowest BCUT2D eigenvalue weighted by atomic mass is 10.1. The van der Waals surface area contributed by atoms with Crippen molar-refractivity contribution in [2.45, 2.75) is 38.7 Å². The first-order valence-electron chi connectivity index (χ1n) is 9.41. The quantitative estimate of drug-likeness (QED) is 0.658. The zero-order chi connectivity index (χ0) is 18.8. The predicted octanol–water partition coefficient (Wildman–Crippen LogP) is 3.69. The molecule has 0 atom stereocenters. The molecule has 1 N–H and O–H groups in total. The monoisotopic (exact) mass is 384 g/mol. The highest BCUT2D eigenvalue weighted by Crippen LogP contribution is 2.29. The van der Waals surface area contributed by atoms with Crippen LogP contribution in [0, 0.1) is 6.92 Å². The first kappa shape index (κ1) is 18.1. The Kier molecular flexibility index (Phi) is 5.22. The molecule has 27 heavy (non-hydrogen) atoms. The summed E-state index contributed by atoms with van der Waals surface area (Å²) in [6, 6.07) is 5.87. The Morgan fingerprint density at radius 1 is 1.41 bits per heavy atom. The molecule has 0 bridgehead atoms. The van der Waals surface area contributed by atoms with Gasteiger partial charge in [-0.1, -0.05) is 18.9 Å². The largest absolute Gasteiger partial charge is 0.376 e. The van der Waals surface area contributed by atoms with Crippen LogP contribution in [0.2, 0.25) is 0 Å². The first-order chi connectivity index (χ1) is 13.1. The van der Waals surface area contributed by atoms with Crippen LogP contribution >= 0.6 is 11.3 Å². The van der Waals surface area contributed by atoms with Crippen LogP contribution in [0.15, 0.2) is 23.6 Å². The van der Waals surface area contributed by atoms with E-state index in [-0.39, 0.29) is 5.91 Å². The summed E-state index contributed by atoms with van der Waals surface area (Å²) in [5, 5.41) is 10.3. The molecule has 6 nitrogen and oxygen atoms in total. The van der Waals surface area contributed by atoms with Crippen LogP contribution in [-0.2, 0) is 11.8 Å². The molecule has 1 aliphatic rings. The second-order valence-electron chi connectivity index (χ2n) is 6.97. The summed E-state index contributed by atoms with van der Waals surface area (Å²) in [6.07, 6.45) is 5.13. The Labute approximate surface area is 162 Å². The Bertz CT molecular complexity index is 943. The molecule has 0 unspecified atom stereocenters. The van der Waals surface area contributed by atoms with Crippen LogP contribution in [0.3, 0.4) is 0 Å². The molecule has 7 heteroatoms. The third kappa shape index (κ3) is 3.75. The molecule has 3 aromatic heterocycles. The number of aryl methyl sites for hydroxylation is 2. The molecule has 1 saturated carbocycles. The molecular formula is C20H24N4O2S. The predicted molar refractivity (Wildman–Crippen MR) is 107 cm³/mol. The number of pyridine rings is 1. The smallest absolute Gasteiger partial charge is 0.252 e. The van der Waals surface area contributed by atoms with Crippen LogP contribution in [0.5, 0.6) is 0 Å². The van der Waals surface area contributed by atoms with E-state index in [1.165, 1.54) is 12.8 Å². The van der Waals surface area contributed by atoms with Crippen LogP contribution in [0.25, 0.3) is 21.6 Å². The average molecular weight is 385 g/mol. The number of hydrogen-bond acceptors (Lipinski definition) is 5. The Hall–Kier alpha value is -2.25. The number of ether oxygens (including phenoxy) is 1. The minimum absolute atomic E-state index is 0.105. The molecule has 142 valence electrons. The van der Waals surface area contributed by atoms with Gasteiger partial charge in [-0.05, 0) is 37.3 Å². The van der Waals surface area contributed by atoms with E-state index in [1.54, 1.807) is 16.0 Å². The van der Waals surface area contributed by atoms with Gasteiger partial charge < -0.3 is 10.1 Å². The lowest BCUT2D eigenvalue weighted by Crippen LogP contribution is -2.28. The van der Waals surface area contributed by atoms with Gasteiger partial charge in [0.1, 0.15) is 0 Å². The molecule has 0 radical (unpaired) electrons. The van der Waals surface area contributed by atoms with Crippen molar-refractivity contribution in [1.29, 1.82) is 0 Å². The van der Waals surface area contributed by atoms with Gasteiger partial charge in [0.2, 0.25) is 0 Å². The maximum atomic E-state index is 12.9. The number of thiophene rings is 1. The molecule has 4 rings (SSSR count). The van der Waals surface area contributed by atoms with Crippen LogP contribution in [0.4, 0.5) is 0 Å². The van der Waals surface area contributed by atoms with Gasteiger partial charge in [0.25, 0.3) is 5.91 Å². The van der Waals surface area contributed by atoms with E-state index in [0.717, 1.165) is 40.1 Å². The Morgan fingerprint density at radius 2 is 2.22 bits per heavy atom. The van der Waals surface area contributed by atoms with E-state index in [2.05, 4.69) is 10.4 Å². The van der Waals surface area contributed by atoms with Crippen molar-refractivity contribution in [1.82, 2.24) is 20.1 Å². The molecule has 0 aliphatic heterocycles. The van der Waals surface area contributed by atoms with Crippen molar-refractivity contribution in [2.75, 3.05) is 13.2 Å². The summed E-state index contributed by atoms with van der Waals surface area (Å²) in [5.41, 5.74) is 2.96. The van der Waals surface area contributed by atoms with Crippen molar-refractivity contribution in [3.63, 3.8) is 0 Å². The number of amides is 1. The minimum Gasteiger partial charge on any atom is -0.376 e. The number of fused-ring (bicyclic) bond motifs is 1. The van der Waals surface area contributed by atoms with Gasteiger partial charge >= 0.3 is 0 Å². The first-order valence-corrected chi connectivity index (χ1v) is 10.3. The molecule has 3 aromatic rings. The van der Waals surface area contributed by atoms with E-state index >= 15 is 0 Å². The summed E-state index contributed by atoms with van der Waals surface area (Å²) in [5.74, 6) is -0.105. The van der Waals surface area contributed by atoms with Crippen molar-refractivity contribution < 1.29 is 9.53 Å². The number of nitrogens with one attached hydrogen (secondary N) is 1. The lowest BCUT2D eigenvalue weighted by molar-refractivity contribution is 0.0582. The number of carbonyl (C=O) groups excluding carboxylic acids is 1. The number of nitrogens with zero attached hydrogens (tertiary/aromatic N) is 3. The fourth-order valence-electron chi connectivity index (χ4n) is 3.71. The van der Waals surface area contributed by atoms with Crippen molar-refractivity contribution in [2.24, 2.45) is 7.05 Å². The lowest BCUT2D eigenvalue weighted by Gasteiger charge is -2.12. The molecule has 1 amide bonds. The number of carbonyl (C=O) groups is 1. The summed E-state index contributed by atoms with van der Waals surface area (Å²) >= 11 is 1.61. The molecule has 0 spiro atoms. The van der Waals surface area contributed by atoms with Gasteiger partial charge in [-0.3, -0.25) is 9.48 Å². The summed E-state index contributed by atoms with van der Waals surface area (Å²) in [4.78, 5) is 18.7. The van der Waals surface area contributed by atoms with Gasteiger partial charge in [-0.25, -0.2) is 4.98 Å². The van der Waals surface area contributed by atoms with Crippen LogP contribution in [0.1, 0.15) is 41.7 Å². The SMILES string of the molecule is Cc1nn(C)c2nc(-c3cccs3)cc(C(=O)NCCOC3CCCC3)c12. The maximum absolute atomic E-state index is 12.9. The fourth-order valence-corrected chi connectivity index (χ4v) is 4.40. The topological polar surface area (TPSA) is 69.0 Å². The zero-order valence-electron chi connectivity index (χ0n) is 15.7. The highest BCUT2D eigenvalue weighted by Gasteiger charge is 2.20. The zero-order valence-corrected chi connectivity index (χ0v) is 16.5. The Morgan fingerprint density at radius 3 is 2.96 bits per heavy atom. The number of hydrogen-bond donors (Lipinski definition) is 1. The molecular weight excluding hydrogens is 360 g/mol. The summed E-state index contributed by atoms with van der Waals surface area (Å²) < 4.78 is 7.58. The molecule has 0 saturated heterocycles. The van der Waals surface area contributed by atoms with E-state index in [0.29, 0.717) is 24.8 Å². The molecule has 0 aromatic carbocycles. The molecule has 1 fully saturated rings. The van der Waals surface area contributed by atoms with Crippen molar-refractivity contribution in [3.8, 4) is 10.6 Å². The van der Waals surface area contributed by atoms with Crippen molar-refractivity contribution in [3.05, 3.63) is 34.8 Å². The van der Waals surface area contributed by atoms with E-state index in [4.69, 9.17) is 9.72 Å². The highest BCUT2D eigenvalue weighted by molar-refractivity contribution is 7.13. The molecule has 3 heterocycles. The number of aromatic nitrogens is 3. The van der Waals surface area contributed by atoms with Gasteiger partial charge in [0.15, 0.2) is 5.65 Å². The van der Waals surface area contributed by atoms with E-state index in [1.807, 2.05) is 37.6 Å². The summed E-state index contributed by atoms with van der Waals surface area (Å²) in [7, 11) is 1.86. The maximum Gasteiger partial charge on any atom is 0.252 e. The van der Waals surface area contributed by atoms with Gasteiger partial charge in [-0.2, -0.15) is 5.10 Å². The second kappa shape index (κ2) is 7.78. The fraction of sp³-hybridized carbons (Fsp3) is 0.450. The van der Waals surface area contributed by atoms with Crippen molar-refractivity contribution >= 4 is 28.3 Å². The molecule has 1 aliphatic carbocycles. The van der Waals surface area contributed by atoms with Crippen LogP contribution in [-0.4, -0.2) is 39.9 Å². The normalized spacial score (nSPS) is 14.9. The number of rotatable bonds is 6. The standard InChI is InChI=1S/C20H24N4O2S/c1-13-18-15(20(25)21-9-10-26-14-6-3-4-7-14)12-16(17-8-5-11-27-17)22-19(18)24(2)23-13/h5,8,11-12,14H,3-4,6-7,9-10H2,1-2H3,(H,21,25). The van der Waals surface area contributed by atoms with Crippen LogP contribution < -0.4 is 5.32 Å². The third-order valence-electron chi connectivity index (χ3n) is 5.03. The van der Waals surface area contributed by atoms with E-state index < -0.39 is 0 Å². The van der Waals surface area contributed by atoms with E-state index in [9.17, 15) is 4.79 Å². The highest BCUT2D eigenvalue weighted by atomic mass is 32.1. The second-order valence-corrected chi connectivity index (χ2v) is 7.92. The average Bonchev–Trinajstić information content (AvgIpc) is 3.41. The minimum atomic E-state index is -0.105. The summed E-state index contributed by atoms with van der Waals surface area (Å²) in [6.45, 7) is 2.97. The Balaban J connectivity index is 1.56. The van der Waals surface area contributed by atoms with Gasteiger partial charge in [0, 0.05) is 13.6 Å². The van der Waals surface area contributed by atoms with Gasteiger partial charge in [-0.15, -0.1) is 11.3 Å². The third-order valence-corrected chi connectivity index (χ3v) is 5.92. The van der Waals surface area contributed by atoms with Gasteiger partial charge in [0.05, 0.1) is 39.9 Å².